The van der Waals surface area contributed by atoms with Gasteiger partial charge in [-0.1, -0.05) is 48.5 Å². The Morgan fingerprint density at radius 1 is 0.263 bits per heavy atom. The largest absolute Gasteiger partial charge is 0.507 e. The van der Waals surface area contributed by atoms with Crippen LogP contribution < -0.4 is 0 Å². The molecular weight excluding hydrogens is 1060 g/mol. The van der Waals surface area contributed by atoms with Gasteiger partial charge < -0.3 is 10.2 Å². The van der Waals surface area contributed by atoms with E-state index in [1.54, 1.807) is 36.4 Å². The first-order valence-corrected chi connectivity index (χ1v) is 27.5. The van der Waals surface area contributed by atoms with Crippen molar-refractivity contribution in [3.8, 4) is 11.5 Å². The number of hydrogen-bond donors (Lipinski definition) is 6. The third-order valence-electron chi connectivity index (χ3n) is 11.9. The zero-order valence-corrected chi connectivity index (χ0v) is 41.4. The quantitative estimate of drug-likeness (QED) is 0.0489. The highest BCUT2D eigenvalue weighted by atomic mass is 32.2. The lowest BCUT2D eigenvalue weighted by Crippen LogP contribution is -1.97. The number of benzene rings is 10. The van der Waals surface area contributed by atoms with Gasteiger partial charge >= 0.3 is 0 Å². The van der Waals surface area contributed by atoms with Crippen LogP contribution in [0.5, 0.6) is 11.5 Å². The Hall–Kier alpha value is -8.86. The molecule has 0 aliphatic heterocycles. The van der Waals surface area contributed by atoms with Crippen LogP contribution >= 0.6 is 0 Å². The first-order valence-electron chi connectivity index (χ1n) is 21.7. The highest BCUT2D eigenvalue weighted by Gasteiger charge is 2.19. The summed E-state index contributed by atoms with van der Waals surface area (Å²) < 4.78 is 137. The highest BCUT2D eigenvalue weighted by Crippen LogP contribution is 2.43. The maximum absolute atomic E-state index is 12.4. The van der Waals surface area contributed by atoms with Crippen molar-refractivity contribution in [1.29, 1.82) is 0 Å². The lowest BCUT2D eigenvalue weighted by molar-refractivity contribution is 0.479. The van der Waals surface area contributed by atoms with Crippen molar-refractivity contribution >= 4 is 140 Å². The van der Waals surface area contributed by atoms with Crippen LogP contribution in [0.15, 0.2) is 218 Å². The zero-order valence-electron chi connectivity index (χ0n) is 38.2. The molecule has 0 bridgehead atoms. The van der Waals surface area contributed by atoms with Gasteiger partial charge in [-0.15, -0.1) is 40.9 Å². The van der Waals surface area contributed by atoms with Crippen molar-refractivity contribution in [3.63, 3.8) is 0 Å². The van der Waals surface area contributed by atoms with E-state index in [-0.39, 0.29) is 89.0 Å². The summed E-state index contributed by atoms with van der Waals surface area (Å²) in [6.45, 7) is 0. The van der Waals surface area contributed by atoms with Gasteiger partial charge in [0.1, 0.15) is 11.5 Å². The van der Waals surface area contributed by atoms with Crippen LogP contribution in [0.2, 0.25) is 0 Å². The smallest absolute Gasteiger partial charge is 0.294 e. The average Bonchev–Trinajstić information content (AvgIpc) is 3.39. The number of nitrogens with zero attached hydrogens (tertiary/aromatic N) is 8. The van der Waals surface area contributed by atoms with Crippen LogP contribution in [0.3, 0.4) is 0 Å². The summed E-state index contributed by atoms with van der Waals surface area (Å²) in [6.07, 6.45) is 0. The molecule has 0 aliphatic carbocycles. The number of azo groups is 4. The van der Waals surface area contributed by atoms with Gasteiger partial charge in [-0.2, -0.15) is 33.7 Å². The maximum atomic E-state index is 12.4. The number of fused-ring (bicyclic) bond motifs is 5. The second-order valence-corrected chi connectivity index (χ2v) is 22.3. The van der Waals surface area contributed by atoms with Gasteiger partial charge in [-0.3, -0.25) is 18.2 Å². The first kappa shape index (κ1) is 50.7. The standard InChI is InChI=1S/C50H32N8O14S4/c59-48-22-21-43(35-14-10-31(26-39(35)48)76(70,71)72)53-57-46-19-16-41(33-12-8-29(24-37(33)46)74(64,65)66)51-55-44-18-15-40(32-11-7-28(23-36(32)44)73(61,62)63)52-56-45-20-17-42(34-13-9-30(25-38(34)45)75(67,68)69)54-58-47-5-1-3-27-4-2-6-49(60)50(27)47/h1-26,59-60H,(H,61,62,63)(H,64,65,66)(H,67,68,69)(H,70,71,72). The monoisotopic (exact) mass is 1100 g/mol. The molecule has 0 radical (unpaired) electrons. The second-order valence-electron chi connectivity index (χ2n) is 16.6. The predicted molar refractivity (Wildman–Crippen MR) is 279 cm³/mol. The molecule has 0 spiro atoms. The van der Waals surface area contributed by atoms with Crippen LogP contribution in [-0.4, -0.2) is 62.1 Å². The Kier molecular flexibility index (Phi) is 12.7. The minimum atomic E-state index is -4.78. The number of phenols is 2. The molecule has 76 heavy (non-hydrogen) atoms. The van der Waals surface area contributed by atoms with E-state index in [0.717, 1.165) is 36.4 Å². The normalized spacial score (nSPS) is 13.1. The summed E-state index contributed by atoms with van der Waals surface area (Å²) in [5, 5.41) is 58.7. The van der Waals surface area contributed by atoms with Crippen molar-refractivity contribution < 1.29 is 62.1 Å². The SMILES string of the molecule is O=S(=O)(O)c1ccc2c(N=Nc3ccc(N=Nc4ccc(N=Nc5ccc(N=Nc6cccc7cccc(O)c67)c6ccc(S(=O)(=O)O)cc56)c5ccc(S(=O)(=O)O)cc45)c4ccc(S(=O)(=O)O)cc34)ccc(O)c2c1. The Morgan fingerprint density at radius 2 is 0.539 bits per heavy atom. The van der Waals surface area contributed by atoms with E-state index >= 15 is 0 Å². The van der Waals surface area contributed by atoms with Crippen molar-refractivity contribution in [2.45, 2.75) is 19.6 Å². The lowest BCUT2D eigenvalue weighted by Gasteiger charge is -2.09. The summed E-state index contributed by atoms with van der Waals surface area (Å²) in [7, 11) is -18.9. The van der Waals surface area contributed by atoms with E-state index in [1.165, 1.54) is 84.9 Å². The highest BCUT2D eigenvalue weighted by molar-refractivity contribution is 7.86. The fourth-order valence-electron chi connectivity index (χ4n) is 8.25. The Balaban J connectivity index is 1.04. The molecule has 10 aromatic carbocycles. The molecule has 0 saturated carbocycles. The van der Waals surface area contributed by atoms with E-state index in [9.17, 15) is 62.1 Å². The molecule has 6 N–H and O–H groups in total. The molecule has 0 aliphatic rings. The summed E-state index contributed by atoms with van der Waals surface area (Å²) in [5.41, 5.74) is 1.18. The number of phenolic OH excluding ortho intramolecular Hbond substituents is 2. The minimum absolute atomic E-state index is 0.0169. The molecule has 0 saturated heterocycles. The molecule has 10 aromatic rings. The molecule has 0 atom stereocenters. The van der Waals surface area contributed by atoms with Crippen molar-refractivity contribution in [3.05, 3.63) is 158 Å². The first-order chi connectivity index (χ1) is 36.0. The molecule has 0 aromatic heterocycles. The fourth-order valence-corrected chi connectivity index (χ4v) is 10.3. The topological polar surface area (TPSA) is 357 Å². The summed E-state index contributed by atoms with van der Waals surface area (Å²) in [4.78, 5) is -1.98. The Morgan fingerprint density at radius 3 is 0.882 bits per heavy atom. The molecule has 26 heteroatoms. The van der Waals surface area contributed by atoms with Crippen LogP contribution in [0, 0.1) is 0 Å². The molecule has 0 fully saturated rings. The molecule has 380 valence electrons. The molecular formula is C50H32N8O14S4. The molecule has 0 heterocycles. The van der Waals surface area contributed by atoms with Gasteiger partial charge in [0.15, 0.2) is 0 Å². The van der Waals surface area contributed by atoms with E-state index in [1.807, 2.05) is 0 Å². The van der Waals surface area contributed by atoms with E-state index in [4.69, 9.17) is 0 Å². The third-order valence-corrected chi connectivity index (χ3v) is 15.3. The van der Waals surface area contributed by atoms with Gasteiger partial charge in [0.2, 0.25) is 0 Å². The number of aromatic hydroxyl groups is 2. The maximum Gasteiger partial charge on any atom is 0.294 e. The average molecular weight is 1100 g/mol. The predicted octanol–water partition coefficient (Wildman–Crippen LogP) is 13.5. The lowest BCUT2D eigenvalue weighted by atomic mass is 10.1. The Bertz CT molecular complexity index is 4740. The van der Waals surface area contributed by atoms with Crippen LogP contribution in [-0.2, 0) is 40.5 Å². The van der Waals surface area contributed by atoms with Gasteiger partial charge in [0, 0.05) is 43.1 Å². The van der Waals surface area contributed by atoms with E-state index in [2.05, 4.69) is 40.9 Å². The van der Waals surface area contributed by atoms with Crippen molar-refractivity contribution in [2.75, 3.05) is 0 Å². The van der Waals surface area contributed by atoms with Gasteiger partial charge in [-0.25, -0.2) is 0 Å². The minimum Gasteiger partial charge on any atom is -0.507 e. The van der Waals surface area contributed by atoms with Crippen LogP contribution in [0.25, 0.3) is 53.9 Å². The van der Waals surface area contributed by atoms with Crippen LogP contribution in [0.1, 0.15) is 0 Å². The summed E-state index contributed by atoms with van der Waals surface area (Å²) >= 11 is 0. The van der Waals surface area contributed by atoms with Crippen molar-refractivity contribution in [1.82, 2.24) is 0 Å². The van der Waals surface area contributed by atoms with E-state index < -0.39 is 60.1 Å². The van der Waals surface area contributed by atoms with Gasteiger partial charge in [-0.05, 0) is 115 Å². The fraction of sp³-hybridized carbons (Fsp3) is 0. The molecule has 10 rings (SSSR count). The van der Waals surface area contributed by atoms with Crippen LogP contribution in [0.4, 0.5) is 45.5 Å². The zero-order chi connectivity index (χ0) is 53.9. The number of hydrogen-bond acceptors (Lipinski definition) is 18. The van der Waals surface area contributed by atoms with Crippen molar-refractivity contribution in [2.24, 2.45) is 40.9 Å². The summed E-state index contributed by atoms with van der Waals surface area (Å²) in [5.74, 6) is -0.341. The Labute approximate surface area is 429 Å². The van der Waals surface area contributed by atoms with Gasteiger partial charge in [0.25, 0.3) is 40.5 Å². The molecule has 0 amide bonds. The van der Waals surface area contributed by atoms with E-state index in [0.29, 0.717) is 21.8 Å². The molecule has 0 unspecified atom stereocenters. The number of rotatable bonds is 12. The molecule has 22 nitrogen and oxygen atoms in total. The third kappa shape index (κ3) is 10.1. The second kappa shape index (κ2) is 19.1. The van der Waals surface area contributed by atoms with Gasteiger partial charge in [0.05, 0.1) is 70.5 Å². The summed E-state index contributed by atoms with van der Waals surface area (Å²) in [6, 6.07) is 35.9.